The lowest BCUT2D eigenvalue weighted by atomic mass is 9.84. The highest BCUT2D eigenvalue weighted by Gasteiger charge is 2.23. The van der Waals surface area contributed by atoms with Crippen LogP contribution in [-0.2, 0) is 6.42 Å². The van der Waals surface area contributed by atoms with E-state index in [0.717, 1.165) is 34.4 Å². The standard InChI is InChI=1S/C17H17NO/c1-11-4-6-15-12(8-11)9-13-10-14(18(2)3)5-7-16(13)17(15)19/h4-8,10H,9H2,1-3H3. The number of benzene rings is 2. The van der Waals surface area contributed by atoms with Gasteiger partial charge in [0.2, 0.25) is 0 Å². The highest BCUT2D eigenvalue weighted by atomic mass is 16.1. The van der Waals surface area contributed by atoms with E-state index in [9.17, 15) is 4.79 Å². The highest BCUT2D eigenvalue weighted by molar-refractivity contribution is 6.12. The molecule has 0 heterocycles. The first-order chi connectivity index (χ1) is 9.06. The van der Waals surface area contributed by atoms with Crippen LogP contribution in [0.25, 0.3) is 0 Å². The monoisotopic (exact) mass is 251 g/mol. The molecule has 0 N–H and O–H groups in total. The average molecular weight is 251 g/mol. The number of nitrogens with zero attached hydrogens (tertiary/aromatic N) is 1. The van der Waals surface area contributed by atoms with Crippen LogP contribution < -0.4 is 4.90 Å². The van der Waals surface area contributed by atoms with Crippen molar-refractivity contribution in [2.45, 2.75) is 13.3 Å². The van der Waals surface area contributed by atoms with Crippen molar-refractivity contribution in [3.8, 4) is 0 Å². The molecule has 0 bridgehead atoms. The zero-order valence-electron chi connectivity index (χ0n) is 11.5. The molecule has 0 saturated carbocycles. The smallest absolute Gasteiger partial charge is 0.193 e. The van der Waals surface area contributed by atoms with Crippen molar-refractivity contribution >= 4 is 11.5 Å². The average Bonchev–Trinajstić information content (AvgIpc) is 2.37. The van der Waals surface area contributed by atoms with Gasteiger partial charge in [0.25, 0.3) is 0 Å². The van der Waals surface area contributed by atoms with E-state index in [0.29, 0.717) is 0 Å². The number of hydrogen-bond acceptors (Lipinski definition) is 2. The summed E-state index contributed by atoms with van der Waals surface area (Å²) in [4.78, 5) is 14.6. The Labute approximate surface area is 113 Å². The molecule has 2 aromatic rings. The van der Waals surface area contributed by atoms with Crippen LogP contribution in [0.2, 0.25) is 0 Å². The van der Waals surface area contributed by atoms with E-state index in [4.69, 9.17) is 0 Å². The molecule has 0 radical (unpaired) electrons. The van der Waals surface area contributed by atoms with Crippen LogP contribution in [-0.4, -0.2) is 19.9 Å². The normalized spacial score (nSPS) is 12.9. The molecule has 0 unspecified atom stereocenters. The van der Waals surface area contributed by atoms with Gasteiger partial charge in [0.05, 0.1) is 0 Å². The first kappa shape index (κ1) is 12.0. The minimum atomic E-state index is 0.154. The van der Waals surface area contributed by atoms with Crippen molar-refractivity contribution < 1.29 is 4.79 Å². The van der Waals surface area contributed by atoms with Gasteiger partial charge in [-0.15, -0.1) is 0 Å². The molecule has 0 atom stereocenters. The fourth-order valence-corrected chi connectivity index (χ4v) is 2.67. The molecule has 19 heavy (non-hydrogen) atoms. The number of hydrogen-bond donors (Lipinski definition) is 0. The molecule has 3 rings (SSSR count). The second-order valence-corrected chi connectivity index (χ2v) is 5.40. The molecule has 0 amide bonds. The van der Waals surface area contributed by atoms with E-state index in [2.05, 4.69) is 24.0 Å². The van der Waals surface area contributed by atoms with Crippen LogP contribution in [0.15, 0.2) is 36.4 Å². The van der Waals surface area contributed by atoms with E-state index in [1.165, 1.54) is 5.56 Å². The number of rotatable bonds is 1. The van der Waals surface area contributed by atoms with Crippen LogP contribution >= 0.6 is 0 Å². The third-order valence-electron chi connectivity index (χ3n) is 3.74. The molecule has 2 heteroatoms. The molecule has 1 aliphatic rings. The summed E-state index contributed by atoms with van der Waals surface area (Å²) in [6.45, 7) is 2.07. The third kappa shape index (κ3) is 1.93. The molecule has 0 spiro atoms. The van der Waals surface area contributed by atoms with Gasteiger partial charge < -0.3 is 4.90 Å². The van der Waals surface area contributed by atoms with E-state index in [1.807, 2.05) is 38.4 Å². The fourth-order valence-electron chi connectivity index (χ4n) is 2.67. The molecule has 0 saturated heterocycles. The van der Waals surface area contributed by atoms with Gasteiger partial charge in [-0.2, -0.15) is 0 Å². The van der Waals surface area contributed by atoms with Crippen molar-refractivity contribution in [3.63, 3.8) is 0 Å². The summed E-state index contributed by atoms with van der Waals surface area (Å²) in [6.07, 6.45) is 0.847. The number of aryl methyl sites for hydroxylation is 1. The molecule has 0 aliphatic heterocycles. The molecular weight excluding hydrogens is 234 g/mol. The van der Waals surface area contributed by atoms with E-state index < -0.39 is 0 Å². The zero-order valence-corrected chi connectivity index (χ0v) is 11.5. The summed E-state index contributed by atoms with van der Waals surface area (Å²) in [5, 5.41) is 0. The third-order valence-corrected chi connectivity index (χ3v) is 3.74. The lowest BCUT2D eigenvalue weighted by Crippen LogP contribution is -2.17. The first-order valence-electron chi connectivity index (χ1n) is 6.51. The SMILES string of the molecule is Cc1ccc2c(c1)Cc1cc(N(C)C)ccc1C2=O. The largest absolute Gasteiger partial charge is 0.378 e. The number of anilines is 1. The fraction of sp³-hybridized carbons (Fsp3) is 0.235. The lowest BCUT2D eigenvalue weighted by molar-refractivity contribution is 0.103. The number of carbonyl (C=O) groups excluding carboxylic acids is 1. The van der Waals surface area contributed by atoms with Crippen LogP contribution in [0.3, 0.4) is 0 Å². The highest BCUT2D eigenvalue weighted by Crippen LogP contribution is 2.30. The minimum Gasteiger partial charge on any atom is -0.378 e. The molecule has 0 aromatic heterocycles. The van der Waals surface area contributed by atoms with Crippen LogP contribution in [0, 0.1) is 6.92 Å². The zero-order chi connectivity index (χ0) is 13.6. The molecular formula is C17H17NO. The Morgan fingerprint density at radius 2 is 1.58 bits per heavy atom. The Morgan fingerprint density at radius 3 is 2.26 bits per heavy atom. The summed E-state index contributed by atoms with van der Waals surface area (Å²) >= 11 is 0. The summed E-state index contributed by atoms with van der Waals surface area (Å²) in [6, 6.07) is 12.2. The Bertz CT molecular complexity index is 671. The summed E-state index contributed by atoms with van der Waals surface area (Å²) in [7, 11) is 4.04. The second kappa shape index (κ2) is 4.23. The van der Waals surface area contributed by atoms with Gasteiger partial charge in [-0.05, 0) is 42.7 Å². The van der Waals surface area contributed by atoms with Gasteiger partial charge in [-0.25, -0.2) is 0 Å². The van der Waals surface area contributed by atoms with Crippen LogP contribution in [0.5, 0.6) is 0 Å². The van der Waals surface area contributed by atoms with Gasteiger partial charge in [0, 0.05) is 30.9 Å². The lowest BCUT2D eigenvalue weighted by Gasteiger charge is -2.21. The van der Waals surface area contributed by atoms with Crippen molar-refractivity contribution in [1.29, 1.82) is 0 Å². The van der Waals surface area contributed by atoms with Crippen LogP contribution in [0.1, 0.15) is 32.6 Å². The van der Waals surface area contributed by atoms with E-state index >= 15 is 0 Å². The predicted molar refractivity (Wildman–Crippen MR) is 78.2 cm³/mol. The van der Waals surface area contributed by atoms with Crippen LogP contribution in [0.4, 0.5) is 5.69 Å². The van der Waals surface area contributed by atoms with Crippen molar-refractivity contribution in [2.75, 3.05) is 19.0 Å². The minimum absolute atomic E-state index is 0.154. The number of fused-ring (bicyclic) bond motifs is 2. The second-order valence-electron chi connectivity index (χ2n) is 5.40. The Kier molecular flexibility index (Phi) is 2.67. The maximum Gasteiger partial charge on any atom is 0.193 e. The van der Waals surface area contributed by atoms with Crippen molar-refractivity contribution in [1.82, 2.24) is 0 Å². The Balaban J connectivity index is 2.13. The molecule has 0 fully saturated rings. The van der Waals surface area contributed by atoms with Crippen molar-refractivity contribution in [2.24, 2.45) is 0 Å². The van der Waals surface area contributed by atoms with E-state index in [-0.39, 0.29) is 5.78 Å². The maximum absolute atomic E-state index is 12.5. The van der Waals surface area contributed by atoms with Gasteiger partial charge in [0.15, 0.2) is 5.78 Å². The summed E-state index contributed by atoms with van der Waals surface area (Å²) in [5.74, 6) is 0.154. The van der Waals surface area contributed by atoms with Gasteiger partial charge in [0.1, 0.15) is 0 Å². The maximum atomic E-state index is 12.5. The Morgan fingerprint density at radius 1 is 0.947 bits per heavy atom. The summed E-state index contributed by atoms with van der Waals surface area (Å²) < 4.78 is 0. The number of carbonyl (C=O) groups is 1. The molecule has 2 nitrogen and oxygen atoms in total. The van der Waals surface area contributed by atoms with Crippen molar-refractivity contribution in [3.05, 3.63) is 64.2 Å². The van der Waals surface area contributed by atoms with Gasteiger partial charge in [-0.3, -0.25) is 4.79 Å². The van der Waals surface area contributed by atoms with Gasteiger partial charge >= 0.3 is 0 Å². The predicted octanol–water partition coefficient (Wildman–Crippen LogP) is 3.20. The quantitative estimate of drug-likeness (QED) is 0.662. The molecule has 1 aliphatic carbocycles. The van der Waals surface area contributed by atoms with Gasteiger partial charge in [-0.1, -0.05) is 23.8 Å². The topological polar surface area (TPSA) is 20.3 Å². The van der Waals surface area contributed by atoms with E-state index in [1.54, 1.807) is 0 Å². The molecule has 96 valence electrons. The first-order valence-corrected chi connectivity index (χ1v) is 6.51. The number of ketones is 1. The Hall–Kier alpha value is -2.09. The summed E-state index contributed by atoms with van der Waals surface area (Å²) in [5.41, 5.74) is 6.33. The molecule has 2 aromatic carbocycles.